The highest BCUT2D eigenvalue weighted by molar-refractivity contribution is 7.89. The highest BCUT2D eigenvalue weighted by Crippen LogP contribution is 2.42. The van der Waals surface area contributed by atoms with Crippen molar-refractivity contribution in [3.8, 4) is 16.9 Å². The number of hydrogen-bond acceptors (Lipinski definition) is 5. The number of aryl methyl sites for hydroxylation is 3. The lowest BCUT2D eigenvalue weighted by molar-refractivity contribution is 0.0684. The lowest BCUT2D eigenvalue weighted by Gasteiger charge is -2.13. The smallest absolute Gasteiger partial charge is 0.352 e. The van der Waals surface area contributed by atoms with E-state index < -0.39 is 16.0 Å². The molecule has 5 aromatic rings. The first-order chi connectivity index (χ1) is 20.6. The number of fused-ring (bicyclic) bond motifs is 3. The molecule has 9 nitrogen and oxygen atoms in total. The Bertz CT molecular complexity index is 2020. The van der Waals surface area contributed by atoms with E-state index >= 15 is 0 Å². The standard InChI is InChI=1S/C31H30ClFN4O5S/c1-18-27-25(35-36(18)2)17-34-43(40,41)15-5-13-37-29-23(11-12-24(32)28(27)29)22(30(37)31(38)39)7-4-14-42-26-8-3-6-19-16-20(33)9-10-21(19)26/h3,6,8-12,16,34H,4-5,7,13-15,17H2,1-2H3,(H,38,39). The molecule has 12 heteroatoms. The Labute approximate surface area is 252 Å². The van der Waals surface area contributed by atoms with Crippen LogP contribution in [-0.4, -0.2) is 46.2 Å². The number of nitrogens with one attached hydrogen (secondary N) is 1. The first kappa shape index (κ1) is 29.2. The third-order valence-electron chi connectivity index (χ3n) is 8.02. The molecular formula is C31H30ClFN4O5S. The molecule has 0 amide bonds. The fraction of sp³-hybridized carbons (Fsp3) is 0.290. The van der Waals surface area contributed by atoms with Gasteiger partial charge in [-0.25, -0.2) is 22.3 Å². The van der Waals surface area contributed by atoms with Crippen LogP contribution in [0.2, 0.25) is 5.02 Å². The van der Waals surface area contributed by atoms with Crippen LogP contribution in [0.25, 0.3) is 32.8 Å². The number of carboxylic acid groups (broad SMARTS) is 1. The zero-order chi connectivity index (χ0) is 30.5. The molecule has 224 valence electrons. The molecule has 3 aromatic carbocycles. The Hall–Kier alpha value is -3.93. The van der Waals surface area contributed by atoms with E-state index in [1.165, 1.54) is 12.1 Å². The first-order valence-electron chi connectivity index (χ1n) is 13.9. The molecule has 0 spiro atoms. The second-order valence-corrected chi connectivity index (χ2v) is 13.0. The molecule has 3 heterocycles. The summed E-state index contributed by atoms with van der Waals surface area (Å²) >= 11 is 6.85. The molecule has 2 N–H and O–H groups in total. The van der Waals surface area contributed by atoms with Crippen molar-refractivity contribution < 1.29 is 27.4 Å². The number of halogens is 2. The number of carboxylic acids is 1. The van der Waals surface area contributed by atoms with Gasteiger partial charge in [-0.3, -0.25) is 4.68 Å². The molecule has 2 aromatic heterocycles. The molecular weight excluding hydrogens is 595 g/mol. The summed E-state index contributed by atoms with van der Waals surface area (Å²) in [5.74, 6) is -0.975. The Morgan fingerprint density at radius 1 is 1.16 bits per heavy atom. The quantitative estimate of drug-likeness (QED) is 0.230. The van der Waals surface area contributed by atoms with Crippen molar-refractivity contribution in [1.29, 1.82) is 0 Å². The Kier molecular flexibility index (Phi) is 7.66. The highest BCUT2D eigenvalue weighted by atomic mass is 35.5. The number of hydrogen-bond donors (Lipinski definition) is 2. The summed E-state index contributed by atoms with van der Waals surface area (Å²) in [5.41, 5.74) is 3.98. The average Bonchev–Trinajstić information content (AvgIpc) is 3.42. The van der Waals surface area contributed by atoms with Crippen molar-refractivity contribution in [3.63, 3.8) is 0 Å². The monoisotopic (exact) mass is 624 g/mol. The summed E-state index contributed by atoms with van der Waals surface area (Å²) in [6.07, 6.45) is 1.11. The van der Waals surface area contributed by atoms with Crippen LogP contribution >= 0.6 is 11.6 Å². The second kappa shape index (κ2) is 11.3. The van der Waals surface area contributed by atoms with Crippen molar-refractivity contribution in [2.75, 3.05) is 12.4 Å². The van der Waals surface area contributed by atoms with Gasteiger partial charge in [0, 0.05) is 41.2 Å². The van der Waals surface area contributed by atoms with Gasteiger partial charge < -0.3 is 14.4 Å². The molecule has 1 aliphatic rings. The molecule has 0 saturated carbocycles. The SMILES string of the molecule is Cc1c2c(nn1C)CNS(=O)(=O)CCCn1c(C(=O)O)c(CCCOc3cccc4cc(F)ccc34)c3ccc(Cl)c-2c31. The fourth-order valence-corrected chi connectivity index (χ4v) is 7.28. The minimum atomic E-state index is -3.63. The van der Waals surface area contributed by atoms with Crippen molar-refractivity contribution in [1.82, 2.24) is 19.1 Å². The number of ether oxygens (including phenoxy) is 1. The summed E-state index contributed by atoms with van der Waals surface area (Å²) in [4.78, 5) is 12.8. The van der Waals surface area contributed by atoms with Crippen molar-refractivity contribution in [2.24, 2.45) is 7.05 Å². The maximum atomic E-state index is 13.7. The molecule has 0 bridgehead atoms. The lowest BCUT2D eigenvalue weighted by Crippen LogP contribution is -2.27. The van der Waals surface area contributed by atoms with E-state index in [0.29, 0.717) is 58.1 Å². The Morgan fingerprint density at radius 3 is 2.74 bits per heavy atom. The predicted octanol–water partition coefficient (Wildman–Crippen LogP) is 5.83. The molecule has 0 atom stereocenters. The van der Waals surface area contributed by atoms with Crippen molar-refractivity contribution in [2.45, 2.75) is 39.3 Å². The van der Waals surface area contributed by atoms with E-state index in [9.17, 15) is 22.7 Å². The predicted molar refractivity (Wildman–Crippen MR) is 164 cm³/mol. The van der Waals surface area contributed by atoms with Gasteiger partial charge in [0.25, 0.3) is 0 Å². The summed E-state index contributed by atoms with van der Waals surface area (Å²) < 4.78 is 51.3. The first-order valence-corrected chi connectivity index (χ1v) is 16.0. The highest BCUT2D eigenvalue weighted by Gasteiger charge is 2.29. The lowest BCUT2D eigenvalue weighted by atomic mass is 9.98. The van der Waals surface area contributed by atoms with Gasteiger partial charge in [0.05, 0.1) is 35.1 Å². The van der Waals surface area contributed by atoms with Gasteiger partial charge in [0.15, 0.2) is 0 Å². The summed E-state index contributed by atoms with van der Waals surface area (Å²) in [7, 11) is -1.86. The Balaban J connectivity index is 1.43. The molecule has 1 aliphatic heterocycles. The van der Waals surface area contributed by atoms with Gasteiger partial charge in [0.1, 0.15) is 17.3 Å². The van der Waals surface area contributed by atoms with Gasteiger partial charge in [-0.2, -0.15) is 5.10 Å². The van der Waals surface area contributed by atoms with Crippen LogP contribution in [0.5, 0.6) is 5.75 Å². The van der Waals surface area contributed by atoms with Gasteiger partial charge in [0.2, 0.25) is 10.0 Å². The number of rotatable bonds is 6. The van der Waals surface area contributed by atoms with Crippen LogP contribution in [0, 0.1) is 12.7 Å². The summed E-state index contributed by atoms with van der Waals surface area (Å²) in [5, 5.41) is 17.7. The normalized spacial score (nSPS) is 14.9. The van der Waals surface area contributed by atoms with Gasteiger partial charge in [-0.15, -0.1) is 0 Å². The van der Waals surface area contributed by atoms with Crippen LogP contribution in [0.15, 0.2) is 48.5 Å². The van der Waals surface area contributed by atoms with Crippen LogP contribution in [0.4, 0.5) is 4.39 Å². The molecule has 43 heavy (non-hydrogen) atoms. The van der Waals surface area contributed by atoms with Gasteiger partial charge in [-0.05, 0) is 67.5 Å². The minimum absolute atomic E-state index is 0.0104. The van der Waals surface area contributed by atoms with E-state index in [1.807, 2.05) is 25.1 Å². The zero-order valence-corrected chi connectivity index (χ0v) is 25.2. The summed E-state index contributed by atoms with van der Waals surface area (Å²) in [6, 6.07) is 13.6. The number of sulfonamides is 1. The molecule has 6 rings (SSSR count). The van der Waals surface area contributed by atoms with Crippen molar-refractivity contribution >= 4 is 49.3 Å². The number of nitrogens with zero attached hydrogens (tertiary/aromatic N) is 3. The second-order valence-electron chi connectivity index (χ2n) is 10.7. The molecule has 0 saturated heterocycles. The maximum absolute atomic E-state index is 13.7. The van der Waals surface area contributed by atoms with Crippen LogP contribution in [0.1, 0.15) is 40.3 Å². The number of aromatic nitrogens is 3. The van der Waals surface area contributed by atoms with Crippen LogP contribution in [-0.2, 0) is 36.6 Å². The van der Waals surface area contributed by atoms with Gasteiger partial charge >= 0.3 is 5.97 Å². The Morgan fingerprint density at radius 2 is 1.95 bits per heavy atom. The van der Waals surface area contributed by atoms with Crippen molar-refractivity contribution in [3.05, 3.63) is 82.0 Å². The topological polar surface area (TPSA) is 115 Å². The molecule has 0 fully saturated rings. The van der Waals surface area contributed by atoms with E-state index in [-0.39, 0.29) is 36.8 Å². The average molecular weight is 625 g/mol. The largest absolute Gasteiger partial charge is 0.493 e. The van der Waals surface area contributed by atoms with Gasteiger partial charge in [-0.1, -0.05) is 29.8 Å². The zero-order valence-electron chi connectivity index (χ0n) is 23.7. The third-order valence-corrected chi connectivity index (χ3v) is 9.75. The fourth-order valence-electron chi connectivity index (χ4n) is 6.02. The van der Waals surface area contributed by atoms with Crippen LogP contribution < -0.4 is 9.46 Å². The third kappa shape index (κ3) is 5.37. The molecule has 0 aliphatic carbocycles. The minimum Gasteiger partial charge on any atom is -0.493 e. The van der Waals surface area contributed by atoms with E-state index in [0.717, 1.165) is 21.9 Å². The summed E-state index contributed by atoms with van der Waals surface area (Å²) in [6.45, 7) is 2.34. The molecule has 0 radical (unpaired) electrons. The number of benzene rings is 3. The maximum Gasteiger partial charge on any atom is 0.352 e. The number of carbonyl (C=O) groups is 1. The van der Waals surface area contributed by atoms with E-state index in [2.05, 4.69) is 9.82 Å². The number of aromatic carboxylic acids is 1. The van der Waals surface area contributed by atoms with Crippen LogP contribution in [0.3, 0.4) is 0 Å². The molecule has 0 unspecified atom stereocenters. The van der Waals surface area contributed by atoms with E-state index in [4.69, 9.17) is 16.3 Å². The van der Waals surface area contributed by atoms with E-state index in [1.54, 1.807) is 34.5 Å².